The zero-order valence-electron chi connectivity index (χ0n) is 29.8. The normalized spacial score (nSPS) is 30.8. The van der Waals surface area contributed by atoms with E-state index in [1.165, 1.54) is 11.1 Å². The van der Waals surface area contributed by atoms with Crippen LogP contribution in [-0.2, 0) is 44.3 Å². The molecule has 12 heteroatoms. The van der Waals surface area contributed by atoms with Crippen LogP contribution in [0.5, 0.6) is 5.75 Å². The van der Waals surface area contributed by atoms with Crippen molar-refractivity contribution in [3.63, 3.8) is 0 Å². The third-order valence-electron chi connectivity index (χ3n) is 11.8. The second kappa shape index (κ2) is 14.3. The van der Waals surface area contributed by atoms with Gasteiger partial charge in [0.05, 0.1) is 37.4 Å². The molecular formula is C40H47ClN4O6S. The Morgan fingerprint density at radius 2 is 2.04 bits per heavy atom. The second-order valence-corrected chi connectivity index (χ2v) is 17.8. The van der Waals surface area contributed by atoms with Gasteiger partial charge in [0.15, 0.2) is 0 Å². The fourth-order valence-electron chi connectivity index (χ4n) is 8.94. The van der Waals surface area contributed by atoms with Gasteiger partial charge in [-0.1, -0.05) is 36.7 Å². The Bertz CT molecular complexity index is 2010. The third-order valence-corrected chi connectivity index (χ3v) is 14.0. The molecule has 3 aromatic rings. The van der Waals surface area contributed by atoms with Gasteiger partial charge >= 0.3 is 0 Å². The van der Waals surface area contributed by atoms with Gasteiger partial charge < -0.3 is 24.1 Å². The molecule has 1 aromatic heterocycles. The largest absolute Gasteiger partial charge is 0.490 e. The Kier molecular flexibility index (Phi) is 9.74. The Morgan fingerprint density at radius 3 is 2.85 bits per heavy atom. The Balaban J connectivity index is 1.18. The molecule has 2 N–H and O–H groups in total. The number of aryl methyl sites for hydroxylation is 1. The van der Waals surface area contributed by atoms with E-state index in [9.17, 15) is 13.8 Å². The van der Waals surface area contributed by atoms with Crippen molar-refractivity contribution >= 4 is 39.0 Å². The number of carbonyl (C=O) groups is 2. The van der Waals surface area contributed by atoms with E-state index in [0.29, 0.717) is 55.8 Å². The first-order chi connectivity index (χ1) is 25.1. The van der Waals surface area contributed by atoms with Crippen LogP contribution < -0.4 is 14.4 Å². The van der Waals surface area contributed by atoms with E-state index in [2.05, 4.69) is 43.3 Å². The van der Waals surface area contributed by atoms with Crippen molar-refractivity contribution < 1.29 is 28.0 Å². The lowest BCUT2D eigenvalue weighted by Crippen LogP contribution is -2.49. The molecule has 52 heavy (non-hydrogen) atoms. The molecule has 1 saturated carbocycles. The van der Waals surface area contributed by atoms with Crippen LogP contribution >= 0.6 is 11.6 Å². The zero-order valence-corrected chi connectivity index (χ0v) is 31.4. The van der Waals surface area contributed by atoms with Crippen LogP contribution in [0.25, 0.3) is 0 Å². The number of hydrogen-bond donors (Lipinski definition) is 2. The lowest BCUT2D eigenvalue weighted by Gasteiger charge is -2.46. The Hall–Kier alpha value is -3.64. The number of hydrogen-bond acceptors (Lipinski definition) is 7. The second-order valence-electron chi connectivity index (χ2n) is 15.4. The van der Waals surface area contributed by atoms with Gasteiger partial charge in [-0.25, -0.2) is 4.21 Å². The Labute approximate surface area is 310 Å². The molecule has 3 aliphatic heterocycles. The number of methoxy groups -OCH3 is 1. The van der Waals surface area contributed by atoms with Crippen molar-refractivity contribution in [2.45, 2.75) is 70.0 Å². The van der Waals surface area contributed by atoms with E-state index >= 15 is 0 Å². The van der Waals surface area contributed by atoms with E-state index in [0.717, 1.165) is 67.2 Å². The van der Waals surface area contributed by atoms with Crippen LogP contribution in [0.4, 0.5) is 5.69 Å². The predicted octanol–water partition coefficient (Wildman–Crippen LogP) is 6.80. The SMILES string of the molecule is CO[C@H]1/C=C/C[C@H](C)C[S@@](=O)(NC(=O)c2cc3c([nH]2)CCOC3)=NC(=O)c2ccc3c(c2)N(C[C@@H]2CC[C@H]21)C[C@@]1(CCCc2cc(Cl)ccc21)CO3. The number of aromatic nitrogens is 1. The average molecular weight is 747 g/mol. The number of anilines is 1. The fraction of sp³-hybridized carbons (Fsp3) is 0.500. The number of aromatic amines is 1. The minimum absolute atomic E-state index is 0.00811. The number of rotatable bonds is 3. The van der Waals surface area contributed by atoms with Crippen molar-refractivity contribution in [1.82, 2.24) is 9.71 Å². The minimum atomic E-state index is -3.54. The topological polar surface area (TPSA) is 122 Å². The fourth-order valence-corrected chi connectivity index (χ4v) is 11.0. The molecule has 6 atom stereocenters. The van der Waals surface area contributed by atoms with Gasteiger partial charge in [0, 0.05) is 48.3 Å². The maximum absolute atomic E-state index is 14.6. The summed E-state index contributed by atoms with van der Waals surface area (Å²) >= 11 is 6.46. The molecule has 10 nitrogen and oxygen atoms in total. The number of benzene rings is 2. The van der Waals surface area contributed by atoms with Crippen LogP contribution in [-0.4, -0.2) is 66.3 Å². The van der Waals surface area contributed by atoms with E-state index in [1.54, 1.807) is 19.2 Å². The van der Waals surface area contributed by atoms with E-state index < -0.39 is 21.7 Å². The summed E-state index contributed by atoms with van der Waals surface area (Å²) in [6, 6.07) is 13.3. The molecule has 2 bridgehead atoms. The molecule has 5 aliphatic rings. The van der Waals surface area contributed by atoms with Gasteiger partial charge in [-0.2, -0.15) is 0 Å². The molecule has 2 aliphatic carbocycles. The van der Waals surface area contributed by atoms with Crippen LogP contribution in [0.15, 0.2) is 59.0 Å². The molecule has 1 spiro atoms. The van der Waals surface area contributed by atoms with Gasteiger partial charge in [0.1, 0.15) is 21.4 Å². The van der Waals surface area contributed by atoms with Crippen LogP contribution in [0.1, 0.15) is 82.3 Å². The van der Waals surface area contributed by atoms with E-state index in [1.807, 2.05) is 25.1 Å². The highest BCUT2D eigenvalue weighted by Gasteiger charge is 2.44. The smallest absolute Gasteiger partial charge is 0.286 e. The number of carbonyl (C=O) groups excluding carboxylic acids is 2. The number of fused-ring (bicyclic) bond motifs is 5. The number of ether oxygens (including phenoxy) is 3. The average Bonchev–Trinajstić information content (AvgIpc) is 3.49. The van der Waals surface area contributed by atoms with Gasteiger partial charge in [-0.05, 0) is 109 Å². The minimum Gasteiger partial charge on any atom is -0.490 e. The molecule has 0 radical (unpaired) electrons. The number of allylic oxidation sites excluding steroid dienone is 1. The molecule has 0 unspecified atom stereocenters. The summed E-state index contributed by atoms with van der Waals surface area (Å²) in [7, 11) is -1.77. The highest BCUT2D eigenvalue weighted by Crippen LogP contribution is 2.47. The predicted molar refractivity (Wildman–Crippen MR) is 202 cm³/mol. The molecule has 4 heterocycles. The van der Waals surface area contributed by atoms with Gasteiger partial charge in [0.2, 0.25) is 0 Å². The van der Waals surface area contributed by atoms with Crippen LogP contribution in [0.2, 0.25) is 5.02 Å². The maximum atomic E-state index is 14.6. The van der Waals surface area contributed by atoms with Crippen LogP contribution in [0.3, 0.4) is 0 Å². The number of nitrogens with zero attached hydrogens (tertiary/aromatic N) is 2. The first kappa shape index (κ1) is 35.4. The molecule has 2 amide bonds. The highest BCUT2D eigenvalue weighted by atomic mass is 35.5. The monoisotopic (exact) mass is 746 g/mol. The van der Waals surface area contributed by atoms with Crippen molar-refractivity contribution in [3.05, 3.63) is 93.3 Å². The molecule has 8 rings (SSSR count). The summed E-state index contributed by atoms with van der Waals surface area (Å²) < 4.78 is 39.9. The number of halogens is 1. The first-order valence-electron chi connectivity index (χ1n) is 18.5. The summed E-state index contributed by atoms with van der Waals surface area (Å²) in [6.45, 7) is 4.94. The molecular weight excluding hydrogens is 700 g/mol. The standard InChI is InChI=1S/C40H47ClN4O6S/c1-25-5-3-7-36(49-2)31-11-8-28(31)20-45-23-40(15-4-6-26-17-30(41)10-12-32(26)40)24-51-37-13-9-27(19-35(37)45)38(46)43-52(48,22-25)44-39(47)34-18-29-21-50-16-14-33(29)42-34/h3,7,9-10,12-13,17-19,25,28,31,36,42H,4-6,8,11,14-16,20-24H2,1-2H3,(H,43,44,46,47,48)/b7-3+/t25-,28-,31+,36-,40-,52-/m0/s1. The summed E-state index contributed by atoms with van der Waals surface area (Å²) in [5.74, 6) is 0.0916. The molecule has 0 saturated heterocycles. The summed E-state index contributed by atoms with van der Waals surface area (Å²) in [5.41, 5.74) is 5.51. The van der Waals surface area contributed by atoms with Crippen molar-refractivity contribution in [2.75, 3.05) is 44.1 Å². The van der Waals surface area contributed by atoms with Gasteiger partial charge in [-0.3, -0.25) is 14.3 Å². The lowest BCUT2D eigenvalue weighted by atomic mass is 9.68. The van der Waals surface area contributed by atoms with Crippen molar-refractivity contribution in [2.24, 2.45) is 22.1 Å². The number of H-pyrrole nitrogens is 1. The number of nitrogens with one attached hydrogen (secondary N) is 2. The summed E-state index contributed by atoms with van der Waals surface area (Å²) in [6.07, 6.45) is 10.6. The van der Waals surface area contributed by atoms with Crippen LogP contribution in [0, 0.1) is 17.8 Å². The van der Waals surface area contributed by atoms with Gasteiger partial charge in [0.25, 0.3) is 11.8 Å². The van der Waals surface area contributed by atoms with E-state index in [4.69, 9.17) is 25.8 Å². The maximum Gasteiger partial charge on any atom is 0.286 e. The highest BCUT2D eigenvalue weighted by molar-refractivity contribution is 7.92. The summed E-state index contributed by atoms with van der Waals surface area (Å²) in [4.78, 5) is 33.2. The van der Waals surface area contributed by atoms with Crippen molar-refractivity contribution in [1.29, 1.82) is 0 Å². The zero-order chi connectivity index (χ0) is 36.0. The lowest BCUT2D eigenvalue weighted by molar-refractivity contribution is 0.0131. The third kappa shape index (κ3) is 6.93. The molecule has 1 fully saturated rings. The van der Waals surface area contributed by atoms with Crippen molar-refractivity contribution in [3.8, 4) is 5.75 Å². The molecule has 276 valence electrons. The quantitative estimate of drug-likeness (QED) is 0.283. The summed E-state index contributed by atoms with van der Waals surface area (Å²) in [5, 5.41) is 0.741. The van der Waals surface area contributed by atoms with Gasteiger partial charge in [-0.15, -0.1) is 4.36 Å². The van der Waals surface area contributed by atoms with E-state index in [-0.39, 0.29) is 28.9 Å². The molecule has 2 aromatic carbocycles. The Morgan fingerprint density at radius 1 is 1.15 bits per heavy atom. The first-order valence-corrected chi connectivity index (χ1v) is 20.6. The number of amides is 2.